The molecule has 0 aliphatic heterocycles. The maximum absolute atomic E-state index is 13.4. The van der Waals surface area contributed by atoms with Gasteiger partial charge in [0.25, 0.3) is 0 Å². The Morgan fingerprint density at radius 1 is 1.31 bits per heavy atom. The summed E-state index contributed by atoms with van der Waals surface area (Å²) in [4.78, 5) is 3.86. The van der Waals surface area contributed by atoms with E-state index in [1.807, 2.05) is 0 Å². The standard InChI is InChI=1S/C10H7F2N/c1-6-8(11)5-9-7(10(6)12)3-2-4-13-9/h2-5H,1H3. The van der Waals surface area contributed by atoms with E-state index >= 15 is 0 Å². The highest BCUT2D eigenvalue weighted by atomic mass is 19.1. The van der Waals surface area contributed by atoms with E-state index in [1.54, 1.807) is 12.1 Å². The number of benzene rings is 1. The summed E-state index contributed by atoms with van der Waals surface area (Å²) in [5.74, 6) is -1.08. The smallest absolute Gasteiger partial charge is 0.138 e. The summed E-state index contributed by atoms with van der Waals surface area (Å²) < 4.78 is 26.4. The van der Waals surface area contributed by atoms with Gasteiger partial charge in [-0.3, -0.25) is 4.98 Å². The van der Waals surface area contributed by atoms with Crippen LogP contribution in [0.25, 0.3) is 10.9 Å². The molecule has 0 aliphatic carbocycles. The summed E-state index contributed by atoms with van der Waals surface area (Å²) in [7, 11) is 0. The van der Waals surface area contributed by atoms with Crippen LogP contribution in [-0.2, 0) is 0 Å². The van der Waals surface area contributed by atoms with Gasteiger partial charge in [0.1, 0.15) is 11.6 Å². The molecule has 13 heavy (non-hydrogen) atoms. The molecule has 1 aromatic heterocycles. The van der Waals surface area contributed by atoms with Crippen molar-refractivity contribution >= 4 is 10.9 Å². The third-order valence-electron chi connectivity index (χ3n) is 2.03. The molecule has 0 bridgehead atoms. The molecule has 0 spiro atoms. The maximum Gasteiger partial charge on any atom is 0.138 e. The normalized spacial score (nSPS) is 10.7. The Hall–Kier alpha value is -1.51. The Labute approximate surface area is 74.0 Å². The molecule has 2 rings (SSSR count). The molecule has 0 aliphatic rings. The number of pyridine rings is 1. The summed E-state index contributed by atoms with van der Waals surface area (Å²) in [5.41, 5.74) is 0.392. The zero-order valence-corrected chi connectivity index (χ0v) is 7.01. The second kappa shape index (κ2) is 2.76. The van der Waals surface area contributed by atoms with Crippen LogP contribution in [0, 0.1) is 18.6 Å². The summed E-state index contributed by atoms with van der Waals surface area (Å²) in [5, 5.41) is 0.362. The van der Waals surface area contributed by atoms with Crippen LogP contribution in [0.4, 0.5) is 8.78 Å². The molecule has 1 aromatic carbocycles. The van der Waals surface area contributed by atoms with Crippen molar-refractivity contribution in [3.63, 3.8) is 0 Å². The molecule has 1 heterocycles. The molecule has 0 unspecified atom stereocenters. The van der Waals surface area contributed by atoms with Gasteiger partial charge in [-0.1, -0.05) is 0 Å². The molecular weight excluding hydrogens is 172 g/mol. The highest BCUT2D eigenvalue weighted by Gasteiger charge is 2.09. The molecule has 3 heteroatoms. The summed E-state index contributed by atoms with van der Waals surface area (Å²) in [6.07, 6.45) is 1.51. The number of hydrogen-bond donors (Lipinski definition) is 0. The van der Waals surface area contributed by atoms with Gasteiger partial charge in [-0.2, -0.15) is 0 Å². The molecule has 0 N–H and O–H groups in total. The van der Waals surface area contributed by atoms with Gasteiger partial charge in [0.15, 0.2) is 0 Å². The molecule has 0 saturated heterocycles. The van der Waals surface area contributed by atoms with E-state index in [9.17, 15) is 8.78 Å². The van der Waals surface area contributed by atoms with Crippen LogP contribution in [-0.4, -0.2) is 4.98 Å². The quantitative estimate of drug-likeness (QED) is 0.606. The van der Waals surface area contributed by atoms with Crippen LogP contribution < -0.4 is 0 Å². The van der Waals surface area contributed by atoms with Gasteiger partial charge in [-0.15, -0.1) is 0 Å². The largest absolute Gasteiger partial charge is 0.256 e. The van der Waals surface area contributed by atoms with Gasteiger partial charge in [0.05, 0.1) is 5.52 Å². The molecule has 0 atom stereocenters. The topological polar surface area (TPSA) is 12.9 Å². The van der Waals surface area contributed by atoms with Crippen LogP contribution in [0.3, 0.4) is 0 Å². The lowest BCUT2D eigenvalue weighted by molar-refractivity contribution is 0.576. The molecular formula is C10H7F2N. The third kappa shape index (κ3) is 1.16. The van der Waals surface area contributed by atoms with Crippen LogP contribution in [0.2, 0.25) is 0 Å². The molecule has 1 nitrogen and oxygen atoms in total. The average Bonchev–Trinajstić information content (AvgIpc) is 2.15. The average molecular weight is 179 g/mol. The zero-order valence-electron chi connectivity index (χ0n) is 7.01. The van der Waals surface area contributed by atoms with Crippen LogP contribution >= 0.6 is 0 Å². The lowest BCUT2D eigenvalue weighted by atomic mass is 10.1. The number of rotatable bonds is 0. The van der Waals surface area contributed by atoms with Crippen LogP contribution in [0.5, 0.6) is 0 Å². The fourth-order valence-corrected chi connectivity index (χ4v) is 1.25. The Kier molecular flexibility index (Phi) is 1.72. The van der Waals surface area contributed by atoms with E-state index in [4.69, 9.17) is 0 Å². The second-order valence-electron chi connectivity index (χ2n) is 2.87. The minimum Gasteiger partial charge on any atom is -0.256 e. The summed E-state index contributed by atoms with van der Waals surface area (Å²) in [6, 6.07) is 4.46. The van der Waals surface area contributed by atoms with Crippen molar-refractivity contribution in [1.82, 2.24) is 4.98 Å². The lowest BCUT2D eigenvalue weighted by Gasteiger charge is -2.02. The highest BCUT2D eigenvalue weighted by molar-refractivity contribution is 5.79. The number of halogens is 2. The highest BCUT2D eigenvalue weighted by Crippen LogP contribution is 2.21. The fraction of sp³-hybridized carbons (Fsp3) is 0.100. The SMILES string of the molecule is Cc1c(F)cc2ncccc2c1F. The van der Waals surface area contributed by atoms with E-state index in [0.29, 0.717) is 10.9 Å². The molecule has 0 amide bonds. The number of fused-ring (bicyclic) bond motifs is 1. The van der Waals surface area contributed by atoms with Crippen molar-refractivity contribution < 1.29 is 8.78 Å². The van der Waals surface area contributed by atoms with E-state index in [1.165, 1.54) is 19.2 Å². The number of nitrogens with zero attached hydrogens (tertiary/aromatic N) is 1. The van der Waals surface area contributed by atoms with Gasteiger partial charge in [0.2, 0.25) is 0 Å². The van der Waals surface area contributed by atoms with Crippen molar-refractivity contribution in [3.8, 4) is 0 Å². The molecule has 66 valence electrons. The van der Waals surface area contributed by atoms with E-state index < -0.39 is 11.6 Å². The predicted molar refractivity (Wildman–Crippen MR) is 46.4 cm³/mol. The van der Waals surface area contributed by atoms with Gasteiger partial charge >= 0.3 is 0 Å². The first-order chi connectivity index (χ1) is 6.20. The van der Waals surface area contributed by atoms with Gasteiger partial charge in [-0.05, 0) is 19.1 Å². The first-order valence-corrected chi connectivity index (χ1v) is 3.89. The summed E-state index contributed by atoms with van der Waals surface area (Å²) >= 11 is 0. The molecule has 0 radical (unpaired) electrons. The minimum atomic E-state index is -0.552. The van der Waals surface area contributed by atoms with E-state index in [0.717, 1.165) is 0 Å². The fourth-order valence-electron chi connectivity index (χ4n) is 1.25. The molecule has 0 fully saturated rings. The van der Waals surface area contributed by atoms with Crippen molar-refractivity contribution in [3.05, 3.63) is 41.6 Å². The summed E-state index contributed by atoms with van der Waals surface area (Å²) in [6.45, 7) is 1.41. The third-order valence-corrected chi connectivity index (χ3v) is 2.03. The van der Waals surface area contributed by atoms with Crippen molar-refractivity contribution in [1.29, 1.82) is 0 Å². The maximum atomic E-state index is 13.4. The van der Waals surface area contributed by atoms with Crippen molar-refractivity contribution in [2.75, 3.05) is 0 Å². The predicted octanol–water partition coefficient (Wildman–Crippen LogP) is 2.82. The Balaban J connectivity index is 2.94. The monoisotopic (exact) mass is 179 g/mol. The van der Waals surface area contributed by atoms with E-state index in [-0.39, 0.29) is 5.56 Å². The second-order valence-corrected chi connectivity index (χ2v) is 2.87. The van der Waals surface area contributed by atoms with Gasteiger partial charge < -0.3 is 0 Å². The van der Waals surface area contributed by atoms with Crippen molar-refractivity contribution in [2.24, 2.45) is 0 Å². The van der Waals surface area contributed by atoms with E-state index in [2.05, 4.69) is 4.98 Å². The Morgan fingerprint density at radius 3 is 2.85 bits per heavy atom. The minimum absolute atomic E-state index is 0.0421. The van der Waals surface area contributed by atoms with Gasteiger partial charge in [0, 0.05) is 23.2 Å². The number of aromatic nitrogens is 1. The Morgan fingerprint density at radius 2 is 2.08 bits per heavy atom. The van der Waals surface area contributed by atoms with Crippen LogP contribution in [0.15, 0.2) is 24.4 Å². The first kappa shape index (κ1) is 8.10. The van der Waals surface area contributed by atoms with Crippen molar-refractivity contribution in [2.45, 2.75) is 6.92 Å². The van der Waals surface area contributed by atoms with Gasteiger partial charge in [-0.25, -0.2) is 8.78 Å². The zero-order chi connectivity index (χ0) is 9.42. The lowest BCUT2D eigenvalue weighted by Crippen LogP contribution is -1.91. The number of hydrogen-bond acceptors (Lipinski definition) is 1. The molecule has 0 saturated carbocycles. The first-order valence-electron chi connectivity index (χ1n) is 3.89. The van der Waals surface area contributed by atoms with Crippen LogP contribution in [0.1, 0.15) is 5.56 Å². The Bertz CT molecular complexity index is 466. The molecule has 2 aromatic rings.